The summed E-state index contributed by atoms with van der Waals surface area (Å²) in [5, 5.41) is 2.87. The number of thioether (sulfide) groups is 1. The Hall–Kier alpha value is -2.87. The number of fused-ring (bicyclic) bond motifs is 1. The highest BCUT2D eigenvalue weighted by molar-refractivity contribution is 8.00. The second-order valence-corrected chi connectivity index (χ2v) is 7.01. The number of carbonyl (C=O) groups is 1. The highest BCUT2D eigenvalue weighted by Gasteiger charge is 2.11. The van der Waals surface area contributed by atoms with Crippen LogP contribution >= 0.6 is 11.8 Å². The van der Waals surface area contributed by atoms with E-state index in [-0.39, 0.29) is 17.3 Å². The third-order valence-corrected chi connectivity index (χ3v) is 5.27. The molecule has 1 heterocycles. The average molecular weight is 387 g/mol. The van der Waals surface area contributed by atoms with Crippen molar-refractivity contribution in [3.8, 4) is 11.5 Å². The fourth-order valence-corrected chi connectivity index (χ4v) is 3.56. The number of benzene rings is 2. The predicted octanol–water partition coefficient (Wildman–Crippen LogP) is 2.63. The lowest BCUT2D eigenvalue weighted by molar-refractivity contribution is -0.113. The summed E-state index contributed by atoms with van der Waals surface area (Å²) in [5.74, 6) is 1.39. The molecule has 8 heteroatoms. The van der Waals surface area contributed by atoms with Crippen molar-refractivity contribution in [3.63, 3.8) is 0 Å². The molecule has 0 bridgehead atoms. The number of ether oxygens (including phenoxy) is 2. The van der Waals surface area contributed by atoms with Gasteiger partial charge in [0.15, 0.2) is 11.5 Å². The van der Waals surface area contributed by atoms with Gasteiger partial charge in [0, 0.05) is 24.7 Å². The van der Waals surface area contributed by atoms with Crippen LogP contribution in [-0.4, -0.2) is 35.0 Å². The van der Waals surface area contributed by atoms with Crippen molar-refractivity contribution in [3.05, 3.63) is 46.9 Å². The van der Waals surface area contributed by atoms with Crippen LogP contribution in [0.2, 0.25) is 0 Å². The van der Waals surface area contributed by atoms with Crippen LogP contribution in [0.3, 0.4) is 0 Å². The Morgan fingerprint density at radius 1 is 1.00 bits per heavy atom. The number of methoxy groups -OCH3 is 2. The van der Waals surface area contributed by atoms with Crippen LogP contribution in [0.5, 0.6) is 11.5 Å². The SMILES string of the molecule is COc1ccc(SCC(=O)Nc2ccc3c(c2)n(C)c(=O)n3C)cc1OC. The highest BCUT2D eigenvalue weighted by Crippen LogP contribution is 2.31. The van der Waals surface area contributed by atoms with Gasteiger partial charge in [-0.15, -0.1) is 11.8 Å². The van der Waals surface area contributed by atoms with Crippen LogP contribution in [0.1, 0.15) is 0 Å². The normalized spacial score (nSPS) is 10.8. The summed E-state index contributed by atoms with van der Waals surface area (Å²) < 4.78 is 13.6. The molecule has 0 aliphatic rings. The topological polar surface area (TPSA) is 74.5 Å². The van der Waals surface area contributed by atoms with Gasteiger partial charge in [0.05, 0.1) is 31.0 Å². The lowest BCUT2D eigenvalue weighted by Gasteiger charge is -2.09. The molecular formula is C19H21N3O4S. The molecule has 7 nitrogen and oxygen atoms in total. The van der Waals surface area contributed by atoms with E-state index >= 15 is 0 Å². The third-order valence-electron chi connectivity index (χ3n) is 4.28. The number of rotatable bonds is 6. The van der Waals surface area contributed by atoms with Crippen molar-refractivity contribution in [1.29, 1.82) is 0 Å². The molecule has 1 amide bonds. The average Bonchev–Trinajstić information content (AvgIpc) is 2.90. The van der Waals surface area contributed by atoms with E-state index in [0.29, 0.717) is 17.2 Å². The number of hydrogen-bond acceptors (Lipinski definition) is 5. The smallest absolute Gasteiger partial charge is 0.328 e. The molecule has 0 aliphatic carbocycles. The number of nitrogens with zero attached hydrogens (tertiary/aromatic N) is 2. The number of hydrogen-bond donors (Lipinski definition) is 1. The van der Waals surface area contributed by atoms with E-state index in [1.54, 1.807) is 49.6 Å². The van der Waals surface area contributed by atoms with E-state index in [0.717, 1.165) is 15.9 Å². The Morgan fingerprint density at radius 2 is 1.70 bits per heavy atom. The third kappa shape index (κ3) is 3.80. The van der Waals surface area contributed by atoms with Crippen molar-refractivity contribution >= 4 is 34.4 Å². The van der Waals surface area contributed by atoms with Gasteiger partial charge in [-0.25, -0.2) is 4.79 Å². The summed E-state index contributed by atoms with van der Waals surface area (Å²) >= 11 is 1.40. The van der Waals surface area contributed by atoms with Gasteiger partial charge in [0.2, 0.25) is 5.91 Å². The Morgan fingerprint density at radius 3 is 2.41 bits per heavy atom. The molecule has 1 N–H and O–H groups in total. The molecule has 142 valence electrons. The van der Waals surface area contributed by atoms with Crippen LogP contribution in [0, 0.1) is 0 Å². The lowest BCUT2D eigenvalue weighted by Crippen LogP contribution is -2.19. The van der Waals surface area contributed by atoms with Crippen LogP contribution < -0.4 is 20.5 Å². The minimum atomic E-state index is -0.130. The molecule has 0 atom stereocenters. The summed E-state index contributed by atoms with van der Waals surface area (Å²) in [6.45, 7) is 0. The molecule has 3 rings (SSSR count). The number of anilines is 1. The number of nitrogens with one attached hydrogen (secondary N) is 1. The zero-order valence-corrected chi connectivity index (χ0v) is 16.4. The summed E-state index contributed by atoms with van der Waals surface area (Å²) in [6, 6.07) is 10.9. The van der Waals surface area contributed by atoms with E-state index in [2.05, 4.69) is 5.32 Å². The molecule has 0 radical (unpaired) electrons. The largest absolute Gasteiger partial charge is 0.493 e. The summed E-state index contributed by atoms with van der Waals surface area (Å²) in [5.41, 5.74) is 2.15. The summed E-state index contributed by atoms with van der Waals surface area (Å²) in [4.78, 5) is 25.2. The first-order valence-electron chi connectivity index (χ1n) is 8.24. The summed E-state index contributed by atoms with van der Waals surface area (Å²) in [6.07, 6.45) is 0. The molecule has 0 unspecified atom stereocenters. The zero-order valence-electron chi connectivity index (χ0n) is 15.6. The van der Waals surface area contributed by atoms with Crippen LogP contribution in [0.4, 0.5) is 5.69 Å². The fraction of sp³-hybridized carbons (Fsp3) is 0.263. The molecule has 2 aromatic carbocycles. The number of imidazole rings is 1. The van der Waals surface area contributed by atoms with Crippen LogP contribution in [0.15, 0.2) is 46.1 Å². The minimum absolute atomic E-state index is 0.0996. The molecule has 27 heavy (non-hydrogen) atoms. The Bertz CT molecular complexity index is 1060. The number of amides is 1. The molecule has 1 aromatic heterocycles. The maximum Gasteiger partial charge on any atom is 0.328 e. The highest BCUT2D eigenvalue weighted by atomic mass is 32.2. The maximum absolute atomic E-state index is 12.3. The first-order chi connectivity index (χ1) is 12.9. The van der Waals surface area contributed by atoms with E-state index < -0.39 is 0 Å². The van der Waals surface area contributed by atoms with E-state index in [9.17, 15) is 9.59 Å². The standard InChI is InChI=1S/C19H21N3O4S/c1-21-14-7-5-12(9-15(14)22(2)19(21)24)20-18(23)11-27-13-6-8-16(25-3)17(10-13)26-4/h5-10H,11H2,1-4H3,(H,20,23). The molecule has 0 spiro atoms. The Balaban J connectivity index is 1.68. The van der Waals surface area contributed by atoms with Gasteiger partial charge in [-0.2, -0.15) is 0 Å². The second kappa shape index (κ2) is 7.79. The molecular weight excluding hydrogens is 366 g/mol. The first kappa shape index (κ1) is 18.9. The van der Waals surface area contributed by atoms with Crippen LogP contribution in [-0.2, 0) is 18.9 Å². The summed E-state index contributed by atoms with van der Waals surface area (Å²) in [7, 11) is 6.59. The van der Waals surface area contributed by atoms with Crippen LogP contribution in [0.25, 0.3) is 11.0 Å². The maximum atomic E-state index is 12.3. The van der Waals surface area contributed by atoms with E-state index in [1.165, 1.54) is 11.8 Å². The molecule has 0 saturated heterocycles. The zero-order chi connectivity index (χ0) is 19.6. The van der Waals surface area contributed by atoms with Gasteiger partial charge in [0.25, 0.3) is 0 Å². The van der Waals surface area contributed by atoms with Gasteiger partial charge in [-0.1, -0.05) is 0 Å². The molecule has 0 fully saturated rings. The van der Waals surface area contributed by atoms with Crippen molar-refractivity contribution in [2.75, 3.05) is 25.3 Å². The van der Waals surface area contributed by atoms with Gasteiger partial charge in [0.1, 0.15) is 0 Å². The second-order valence-electron chi connectivity index (χ2n) is 5.96. The van der Waals surface area contributed by atoms with E-state index in [1.807, 2.05) is 24.3 Å². The molecule has 3 aromatic rings. The van der Waals surface area contributed by atoms with Crippen molar-refractivity contribution < 1.29 is 14.3 Å². The van der Waals surface area contributed by atoms with Gasteiger partial charge in [-0.3, -0.25) is 13.9 Å². The van der Waals surface area contributed by atoms with Gasteiger partial charge < -0.3 is 14.8 Å². The number of aromatic nitrogens is 2. The molecule has 0 saturated carbocycles. The Kier molecular flexibility index (Phi) is 5.46. The van der Waals surface area contributed by atoms with Gasteiger partial charge >= 0.3 is 5.69 Å². The van der Waals surface area contributed by atoms with Crippen molar-refractivity contribution in [2.45, 2.75) is 4.90 Å². The predicted molar refractivity (Wildman–Crippen MR) is 107 cm³/mol. The number of aryl methyl sites for hydroxylation is 2. The monoisotopic (exact) mass is 387 g/mol. The van der Waals surface area contributed by atoms with Crippen molar-refractivity contribution in [2.24, 2.45) is 14.1 Å². The number of carbonyl (C=O) groups excluding carboxylic acids is 1. The first-order valence-corrected chi connectivity index (χ1v) is 9.23. The van der Waals surface area contributed by atoms with Crippen molar-refractivity contribution in [1.82, 2.24) is 9.13 Å². The van der Waals surface area contributed by atoms with Gasteiger partial charge in [-0.05, 0) is 36.4 Å². The minimum Gasteiger partial charge on any atom is -0.493 e. The lowest BCUT2D eigenvalue weighted by atomic mass is 10.2. The fourth-order valence-electron chi connectivity index (χ4n) is 2.84. The Labute approximate surface area is 160 Å². The van der Waals surface area contributed by atoms with E-state index in [4.69, 9.17) is 9.47 Å². The molecule has 0 aliphatic heterocycles. The quantitative estimate of drug-likeness (QED) is 0.658.